The number of ether oxygens (including phenoxy) is 1. The molecule has 4 aromatic rings. The zero-order valence-electron chi connectivity index (χ0n) is 15.7. The third-order valence-electron chi connectivity index (χ3n) is 4.39. The Morgan fingerprint density at radius 1 is 0.897 bits per heavy atom. The molecule has 0 radical (unpaired) electrons. The van der Waals surface area contributed by atoms with E-state index in [0.29, 0.717) is 24.4 Å². The van der Waals surface area contributed by atoms with Crippen LogP contribution in [0.1, 0.15) is 21.5 Å². The van der Waals surface area contributed by atoms with Crippen molar-refractivity contribution in [2.45, 2.75) is 13.2 Å². The lowest BCUT2D eigenvalue weighted by Gasteiger charge is -2.09. The highest BCUT2D eigenvalue weighted by Gasteiger charge is 2.07. The van der Waals surface area contributed by atoms with Gasteiger partial charge in [-0.2, -0.15) is 5.10 Å². The maximum atomic E-state index is 12.5. The van der Waals surface area contributed by atoms with E-state index >= 15 is 0 Å². The molecule has 1 aromatic heterocycles. The summed E-state index contributed by atoms with van der Waals surface area (Å²) in [6.07, 6.45) is 3.16. The van der Waals surface area contributed by atoms with Gasteiger partial charge in [0, 0.05) is 11.3 Å². The number of nitrogens with zero attached hydrogens (tertiary/aromatic N) is 3. The lowest BCUT2D eigenvalue weighted by atomic mass is 10.1. The highest BCUT2D eigenvalue weighted by molar-refractivity contribution is 6.04. The van der Waals surface area contributed by atoms with Crippen molar-refractivity contribution in [2.24, 2.45) is 0 Å². The standard InChI is InChI=1S/C23H20N4O2/c28-23(20-8-6-18(7-9-20)14-27-17-24-16-25-27)26-21-10-12-22(13-11-21)29-15-19-4-2-1-3-5-19/h1-13,16-17H,14-15H2,(H,26,28). The Balaban J connectivity index is 1.32. The zero-order chi connectivity index (χ0) is 19.9. The van der Waals surface area contributed by atoms with Crippen LogP contribution < -0.4 is 10.1 Å². The molecule has 29 heavy (non-hydrogen) atoms. The summed E-state index contributed by atoms with van der Waals surface area (Å²) < 4.78 is 7.50. The molecule has 0 atom stereocenters. The summed E-state index contributed by atoms with van der Waals surface area (Å²) in [6, 6.07) is 24.8. The van der Waals surface area contributed by atoms with Gasteiger partial charge in [0.25, 0.3) is 5.91 Å². The molecule has 3 aromatic carbocycles. The van der Waals surface area contributed by atoms with Crippen LogP contribution in [0.4, 0.5) is 5.69 Å². The highest BCUT2D eigenvalue weighted by Crippen LogP contribution is 2.18. The van der Waals surface area contributed by atoms with E-state index in [1.165, 1.54) is 6.33 Å². The van der Waals surface area contributed by atoms with Crippen LogP contribution in [-0.2, 0) is 13.2 Å². The maximum absolute atomic E-state index is 12.5. The molecule has 0 aliphatic rings. The zero-order valence-corrected chi connectivity index (χ0v) is 15.7. The van der Waals surface area contributed by atoms with Crippen LogP contribution in [0.2, 0.25) is 0 Å². The van der Waals surface area contributed by atoms with Gasteiger partial charge in [0.2, 0.25) is 0 Å². The van der Waals surface area contributed by atoms with E-state index in [-0.39, 0.29) is 5.91 Å². The normalized spacial score (nSPS) is 10.5. The predicted octanol–water partition coefficient (Wildman–Crippen LogP) is 4.16. The Morgan fingerprint density at radius 2 is 1.66 bits per heavy atom. The Labute approximate surface area is 168 Å². The number of benzene rings is 3. The van der Waals surface area contributed by atoms with E-state index in [0.717, 1.165) is 16.9 Å². The number of hydrogen-bond acceptors (Lipinski definition) is 4. The fourth-order valence-electron chi connectivity index (χ4n) is 2.84. The van der Waals surface area contributed by atoms with Crippen LogP contribution in [0.15, 0.2) is 91.5 Å². The molecule has 0 aliphatic heterocycles. The number of nitrogens with one attached hydrogen (secondary N) is 1. The third kappa shape index (κ3) is 5.07. The van der Waals surface area contributed by atoms with Crippen molar-refractivity contribution < 1.29 is 9.53 Å². The second-order valence-electron chi connectivity index (χ2n) is 6.54. The number of carbonyl (C=O) groups excluding carboxylic acids is 1. The molecule has 0 bridgehead atoms. The summed E-state index contributed by atoms with van der Waals surface area (Å²) in [5, 5.41) is 6.98. The van der Waals surface area contributed by atoms with E-state index in [2.05, 4.69) is 15.4 Å². The Morgan fingerprint density at radius 3 is 2.34 bits per heavy atom. The second-order valence-corrected chi connectivity index (χ2v) is 6.54. The SMILES string of the molecule is O=C(Nc1ccc(OCc2ccccc2)cc1)c1ccc(Cn2cncn2)cc1. The summed E-state index contributed by atoms with van der Waals surface area (Å²) in [7, 11) is 0. The van der Waals surface area contributed by atoms with Gasteiger partial charge in [-0.1, -0.05) is 42.5 Å². The quantitative estimate of drug-likeness (QED) is 0.520. The maximum Gasteiger partial charge on any atom is 0.255 e. The van der Waals surface area contributed by atoms with Crippen molar-refractivity contribution in [3.05, 3.63) is 108 Å². The van der Waals surface area contributed by atoms with E-state index in [4.69, 9.17) is 4.74 Å². The predicted molar refractivity (Wildman–Crippen MR) is 111 cm³/mol. The lowest BCUT2D eigenvalue weighted by molar-refractivity contribution is 0.102. The minimum Gasteiger partial charge on any atom is -0.489 e. The summed E-state index contributed by atoms with van der Waals surface area (Å²) in [6.45, 7) is 1.12. The molecular weight excluding hydrogens is 364 g/mol. The molecule has 0 fully saturated rings. The van der Waals surface area contributed by atoms with Crippen molar-refractivity contribution in [1.82, 2.24) is 14.8 Å². The monoisotopic (exact) mass is 384 g/mol. The molecule has 0 aliphatic carbocycles. The molecule has 0 saturated heterocycles. The van der Waals surface area contributed by atoms with E-state index in [1.54, 1.807) is 23.1 Å². The molecule has 1 N–H and O–H groups in total. The van der Waals surface area contributed by atoms with Gasteiger partial charge in [-0.3, -0.25) is 4.79 Å². The number of carbonyl (C=O) groups is 1. The van der Waals surface area contributed by atoms with Gasteiger partial charge >= 0.3 is 0 Å². The average molecular weight is 384 g/mol. The van der Waals surface area contributed by atoms with Crippen LogP contribution in [0.25, 0.3) is 0 Å². The van der Waals surface area contributed by atoms with E-state index in [1.807, 2.05) is 66.7 Å². The molecule has 1 heterocycles. The minimum absolute atomic E-state index is 0.157. The van der Waals surface area contributed by atoms with Gasteiger partial charge < -0.3 is 10.1 Å². The molecule has 4 rings (SSSR count). The summed E-state index contributed by atoms with van der Waals surface area (Å²) >= 11 is 0. The number of amides is 1. The van der Waals surface area contributed by atoms with Crippen LogP contribution >= 0.6 is 0 Å². The van der Waals surface area contributed by atoms with Crippen molar-refractivity contribution in [2.75, 3.05) is 5.32 Å². The molecule has 1 amide bonds. The third-order valence-corrected chi connectivity index (χ3v) is 4.39. The smallest absolute Gasteiger partial charge is 0.255 e. The molecule has 0 spiro atoms. The number of rotatable bonds is 7. The number of hydrogen-bond donors (Lipinski definition) is 1. The largest absolute Gasteiger partial charge is 0.489 e. The van der Waals surface area contributed by atoms with Gasteiger partial charge in [-0.05, 0) is 47.5 Å². The first-order valence-electron chi connectivity index (χ1n) is 9.26. The number of aromatic nitrogens is 3. The molecule has 0 unspecified atom stereocenters. The minimum atomic E-state index is -0.157. The fraction of sp³-hybridized carbons (Fsp3) is 0.0870. The topological polar surface area (TPSA) is 69.0 Å². The Hall–Kier alpha value is -3.93. The number of anilines is 1. The summed E-state index contributed by atoms with van der Waals surface area (Å²) in [5.74, 6) is 0.597. The summed E-state index contributed by atoms with van der Waals surface area (Å²) in [5.41, 5.74) is 3.47. The van der Waals surface area contributed by atoms with Crippen LogP contribution in [0.3, 0.4) is 0 Å². The molecule has 6 nitrogen and oxygen atoms in total. The summed E-state index contributed by atoms with van der Waals surface area (Å²) in [4.78, 5) is 16.4. The highest BCUT2D eigenvalue weighted by atomic mass is 16.5. The first-order valence-corrected chi connectivity index (χ1v) is 9.26. The first-order chi connectivity index (χ1) is 14.3. The van der Waals surface area contributed by atoms with Gasteiger partial charge in [-0.15, -0.1) is 0 Å². The van der Waals surface area contributed by atoms with Crippen molar-refractivity contribution in [3.63, 3.8) is 0 Å². The van der Waals surface area contributed by atoms with E-state index in [9.17, 15) is 4.79 Å². The fourth-order valence-corrected chi connectivity index (χ4v) is 2.84. The lowest BCUT2D eigenvalue weighted by Crippen LogP contribution is -2.12. The van der Waals surface area contributed by atoms with Gasteiger partial charge in [-0.25, -0.2) is 9.67 Å². The van der Waals surface area contributed by atoms with Gasteiger partial charge in [0.15, 0.2) is 0 Å². The molecule has 0 saturated carbocycles. The molecule has 6 heteroatoms. The first kappa shape index (κ1) is 18.4. The van der Waals surface area contributed by atoms with Crippen LogP contribution in [-0.4, -0.2) is 20.7 Å². The van der Waals surface area contributed by atoms with Crippen molar-refractivity contribution >= 4 is 11.6 Å². The average Bonchev–Trinajstić information content (AvgIpc) is 3.27. The van der Waals surface area contributed by atoms with Gasteiger partial charge in [0.1, 0.15) is 25.0 Å². The van der Waals surface area contributed by atoms with Gasteiger partial charge in [0.05, 0.1) is 6.54 Å². The molecular formula is C23H20N4O2. The van der Waals surface area contributed by atoms with Crippen LogP contribution in [0.5, 0.6) is 5.75 Å². The molecule has 144 valence electrons. The van der Waals surface area contributed by atoms with Crippen molar-refractivity contribution in [1.29, 1.82) is 0 Å². The van der Waals surface area contributed by atoms with E-state index < -0.39 is 0 Å². The second kappa shape index (κ2) is 8.84. The Bertz CT molecular complexity index is 1040. The van der Waals surface area contributed by atoms with Crippen LogP contribution in [0, 0.1) is 0 Å². The van der Waals surface area contributed by atoms with Crippen molar-refractivity contribution in [3.8, 4) is 5.75 Å². The Kier molecular flexibility index (Phi) is 5.62.